The molecule has 0 aliphatic heterocycles. The van der Waals surface area contributed by atoms with Gasteiger partial charge in [-0.25, -0.2) is 8.42 Å². The van der Waals surface area contributed by atoms with E-state index in [-0.39, 0.29) is 16.2 Å². The van der Waals surface area contributed by atoms with E-state index in [2.05, 4.69) is 16.0 Å². The van der Waals surface area contributed by atoms with E-state index in [1.54, 1.807) is 36.4 Å². The van der Waals surface area contributed by atoms with Crippen molar-refractivity contribution in [3.8, 4) is 18.1 Å². The van der Waals surface area contributed by atoms with Gasteiger partial charge >= 0.3 is 0 Å². The molecule has 6 nitrogen and oxygen atoms in total. The number of carbonyl (C=O) groups is 1. The lowest BCUT2D eigenvalue weighted by Crippen LogP contribution is -2.17. The van der Waals surface area contributed by atoms with Gasteiger partial charge in [0, 0.05) is 22.5 Å². The number of amides is 1. The summed E-state index contributed by atoms with van der Waals surface area (Å²) in [6, 6.07) is 18.1. The standard InChI is InChI=1S/C24H22N2O4S/c1-4-17-9-12-20(13-10-17)26-31(28,29)23-16-19(11-14-22(23)30-3)24(27)25-21-8-6-7-18(5-2)15-21/h2,6-16,26H,4H2,1,3H3,(H,25,27). The molecule has 7 heteroatoms. The number of hydrogen-bond acceptors (Lipinski definition) is 4. The molecule has 3 rings (SSSR count). The van der Waals surface area contributed by atoms with Gasteiger partial charge in [-0.05, 0) is 60.5 Å². The minimum absolute atomic E-state index is 0.128. The third-order valence-electron chi connectivity index (χ3n) is 4.62. The highest BCUT2D eigenvalue weighted by Gasteiger charge is 2.22. The molecule has 3 aromatic rings. The molecule has 0 radical (unpaired) electrons. The second-order valence-corrected chi connectivity index (χ2v) is 8.35. The number of aryl methyl sites for hydroxylation is 1. The Morgan fingerprint density at radius 3 is 2.42 bits per heavy atom. The first kappa shape index (κ1) is 21.9. The van der Waals surface area contributed by atoms with Gasteiger partial charge in [-0.2, -0.15) is 0 Å². The maximum atomic E-state index is 13.0. The highest BCUT2D eigenvalue weighted by Crippen LogP contribution is 2.27. The number of sulfonamides is 1. The first-order chi connectivity index (χ1) is 14.9. The molecule has 0 bridgehead atoms. The summed E-state index contributed by atoms with van der Waals surface area (Å²) in [6.45, 7) is 2.02. The van der Waals surface area contributed by atoms with Gasteiger partial charge in [-0.3, -0.25) is 9.52 Å². The Balaban J connectivity index is 1.90. The van der Waals surface area contributed by atoms with Crippen molar-refractivity contribution in [1.29, 1.82) is 0 Å². The van der Waals surface area contributed by atoms with Gasteiger partial charge in [0.15, 0.2) is 0 Å². The fourth-order valence-corrected chi connectivity index (χ4v) is 4.19. The summed E-state index contributed by atoms with van der Waals surface area (Å²) in [5.41, 5.74) is 2.80. The highest BCUT2D eigenvalue weighted by molar-refractivity contribution is 7.92. The molecule has 3 aromatic carbocycles. The molecule has 0 fully saturated rings. The molecular formula is C24H22N2O4S. The van der Waals surface area contributed by atoms with Crippen molar-refractivity contribution in [2.75, 3.05) is 17.1 Å². The number of rotatable bonds is 7. The maximum absolute atomic E-state index is 13.0. The van der Waals surface area contributed by atoms with Gasteiger partial charge in [0.1, 0.15) is 10.6 Å². The van der Waals surface area contributed by atoms with Crippen molar-refractivity contribution in [2.45, 2.75) is 18.2 Å². The summed E-state index contributed by atoms with van der Waals surface area (Å²) in [5.74, 6) is 2.16. The summed E-state index contributed by atoms with van der Waals surface area (Å²) in [6.07, 6.45) is 6.24. The average molecular weight is 435 g/mol. The van der Waals surface area contributed by atoms with Gasteiger partial charge in [0.05, 0.1) is 7.11 Å². The van der Waals surface area contributed by atoms with Crippen molar-refractivity contribution in [3.63, 3.8) is 0 Å². The van der Waals surface area contributed by atoms with E-state index in [0.717, 1.165) is 12.0 Å². The zero-order chi connectivity index (χ0) is 22.4. The minimum atomic E-state index is -4.00. The van der Waals surface area contributed by atoms with Crippen molar-refractivity contribution < 1.29 is 17.9 Å². The summed E-state index contributed by atoms with van der Waals surface area (Å²) in [4.78, 5) is 12.6. The lowest BCUT2D eigenvalue weighted by atomic mass is 10.1. The molecular weight excluding hydrogens is 412 g/mol. The Labute approximate surface area is 182 Å². The molecule has 0 saturated heterocycles. The number of hydrogen-bond donors (Lipinski definition) is 2. The van der Waals surface area contributed by atoms with Gasteiger partial charge in [0.25, 0.3) is 15.9 Å². The SMILES string of the molecule is C#Cc1cccc(NC(=O)c2ccc(OC)c(S(=O)(=O)Nc3ccc(CC)cc3)c2)c1. The molecule has 0 aliphatic carbocycles. The Bertz CT molecular complexity index is 1240. The topological polar surface area (TPSA) is 84.5 Å². The van der Waals surface area contributed by atoms with E-state index in [1.165, 1.54) is 25.3 Å². The van der Waals surface area contributed by atoms with Crippen LogP contribution in [-0.2, 0) is 16.4 Å². The fraction of sp³-hybridized carbons (Fsp3) is 0.125. The molecule has 0 aliphatic rings. The van der Waals surface area contributed by atoms with Crippen LogP contribution in [0.1, 0.15) is 28.4 Å². The van der Waals surface area contributed by atoms with Crippen molar-refractivity contribution in [3.05, 3.63) is 83.4 Å². The second kappa shape index (κ2) is 9.37. The van der Waals surface area contributed by atoms with E-state index in [9.17, 15) is 13.2 Å². The Hall–Kier alpha value is -3.76. The Morgan fingerprint density at radius 1 is 1.03 bits per heavy atom. The van der Waals surface area contributed by atoms with Crippen LogP contribution in [0.4, 0.5) is 11.4 Å². The molecule has 0 aromatic heterocycles. The van der Waals surface area contributed by atoms with Crippen LogP contribution in [0.5, 0.6) is 5.75 Å². The summed E-state index contributed by atoms with van der Waals surface area (Å²) in [5, 5.41) is 2.72. The van der Waals surface area contributed by atoms with E-state index in [4.69, 9.17) is 11.2 Å². The summed E-state index contributed by atoms with van der Waals surface area (Å²) >= 11 is 0. The smallest absolute Gasteiger partial charge is 0.265 e. The predicted octanol–water partition coefficient (Wildman–Crippen LogP) is 4.29. The number of benzene rings is 3. The summed E-state index contributed by atoms with van der Waals surface area (Å²) in [7, 11) is -2.63. The fourth-order valence-electron chi connectivity index (χ4n) is 2.94. The predicted molar refractivity (Wildman–Crippen MR) is 122 cm³/mol. The normalized spacial score (nSPS) is 10.7. The average Bonchev–Trinajstić information content (AvgIpc) is 2.79. The molecule has 2 N–H and O–H groups in total. The van der Waals surface area contributed by atoms with Crippen LogP contribution in [0.25, 0.3) is 0 Å². The number of methoxy groups -OCH3 is 1. The zero-order valence-corrected chi connectivity index (χ0v) is 18.0. The van der Waals surface area contributed by atoms with Gasteiger partial charge in [-0.15, -0.1) is 6.42 Å². The van der Waals surface area contributed by atoms with Crippen LogP contribution in [0, 0.1) is 12.3 Å². The maximum Gasteiger partial charge on any atom is 0.265 e. The van der Waals surface area contributed by atoms with Crippen molar-refractivity contribution in [2.24, 2.45) is 0 Å². The number of carbonyl (C=O) groups excluding carboxylic acids is 1. The third-order valence-corrected chi connectivity index (χ3v) is 6.02. The Morgan fingerprint density at radius 2 is 1.77 bits per heavy atom. The number of nitrogens with one attached hydrogen (secondary N) is 2. The minimum Gasteiger partial charge on any atom is -0.495 e. The van der Waals surface area contributed by atoms with E-state index in [0.29, 0.717) is 16.9 Å². The molecule has 0 spiro atoms. The largest absolute Gasteiger partial charge is 0.495 e. The first-order valence-corrected chi connectivity index (χ1v) is 11.0. The van der Waals surface area contributed by atoms with E-state index >= 15 is 0 Å². The monoisotopic (exact) mass is 434 g/mol. The molecule has 31 heavy (non-hydrogen) atoms. The van der Waals surface area contributed by atoms with E-state index in [1.807, 2.05) is 19.1 Å². The first-order valence-electron chi connectivity index (χ1n) is 9.54. The van der Waals surface area contributed by atoms with Crippen LogP contribution in [0.2, 0.25) is 0 Å². The quantitative estimate of drug-likeness (QED) is 0.543. The molecule has 158 valence electrons. The van der Waals surface area contributed by atoms with Gasteiger partial charge < -0.3 is 10.1 Å². The molecule has 1 amide bonds. The summed E-state index contributed by atoms with van der Waals surface area (Å²) < 4.78 is 33.8. The third kappa shape index (κ3) is 5.24. The molecule has 0 saturated carbocycles. The second-order valence-electron chi connectivity index (χ2n) is 6.70. The van der Waals surface area contributed by atoms with E-state index < -0.39 is 15.9 Å². The highest BCUT2D eigenvalue weighted by atomic mass is 32.2. The number of terminal acetylenes is 1. The molecule has 0 unspecified atom stereocenters. The van der Waals surface area contributed by atoms with Gasteiger partial charge in [-0.1, -0.05) is 31.0 Å². The van der Waals surface area contributed by atoms with Gasteiger partial charge in [0.2, 0.25) is 0 Å². The van der Waals surface area contributed by atoms with Crippen molar-refractivity contribution >= 4 is 27.3 Å². The molecule has 0 heterocycles. The number of anilines is 2. The Kier molecular flexibility index (Phi) is 6.63. The van der Waals surface area contributed by atoms with Crippen LogP contribution >= 0.6 is 0 Å². The van der Waals surface area contributed by atoms with Crippen LogP contribution in [0.3, 0.4) is 0 Å². The number of ether oxygens (including phenoxy) is 1. The molecule has 0 atom stereocenters. The van der Waals surface area contributed by atoms with Crippen LogP contribution in [-0.4, -0.2) is 21.4 Å². The zero-order valence-electron chi connectivity index (χ0n) is 17.2. The van der Waals surface area contributed by atoms with Crippen molar-refractivity contribution in [1.82, 2.24) is 0 Å². The van der Waals surface area contributed by atoms with Crippen LogP contribution < -0.4 is 14.8 Å². The lowest BCUT2D eigenvalue weighted by molar-refractivity contribution is 0.102. The lowest BCUT2D eigenvalue weighted by Gasteiger charge is -2.13. The van der Waals surface area contributed by atoms with Crippen LogP contribution in [0.15, 0.2) is 71.6 Å².